The number of nitrogens with zero attached hydrogens (tertiary/aromatic N) is 2. The Labute approximate surface area is 157 Å². The lowest BCUT2D eigenvalue weighted by molar-refractivity contribution is 0.377. The summed E-state index contributed by atoms with van der Waals surface area (Å²) in [6.45, 7) is 0. The van der Waals surface area contributed by atoms with Gasteiger partial charge in [0.2, 0.25) is 5.82 Å². The zero-order valence-corrected chi connectivity index (χ0v) is 14.3. The van der Waals surface area contributed by atoms with E-state index in [0.29, 0.717) is 5.69 Å². The molecule has 0 N–H and O–H groups in total. The number of hydrogen-bond donors (Lipinski definition) is 0. The van der Waals surface area contributed by atoms with Crippen molar-refractivity contribution in [3.8, 4) is 0 Å². The maximum absolute atomic E-state index is 14.3. The maximum atomic E-state index is 14.3. The molecule has 0 saturated carbocycles. The molecular formula is C21H13F5N2. The van der Waals surface area contributed by atoms with E-state index in [1.165, 1.54) is 5.01 Å². The number of anilines is 1. The van der Waals surface area contributed by atoms with Gasteiger partial charge in [0.1, 0.15) is 0 Å². The second kappa shape index (κ2) is 7.07. The van der Waals surface area contributed by atoms with Crippen LogP contribution in [0.15, 0.2) is 65.8 Å². The van der Waals surface area contributed by atoms with E-state index in [9.17, 15) is 22.0 Å². The van der Waals surface area contributed by atoms with E-state index in [0.717, 1.165) is 5.56 Å². The van der Waals surface area contributed by atoms with Gasteiger partial charge in [0.15, 0.2) is 23.3 Å². The number of benzene rings is 3. The maximum Gasteiger partial charge on any atom is 0.200 e. The number of para-hydroxylation sites is 1. The average Bonchev–Trinajstić information content (AvgIpc) is 3.17. The Bertz CT molecular complexity index is 1020. The van der Waals surface area contributed by atoms with Crippen molar-refractivity contribution in [1.82, 2.24) is 0 Å². The van der Waals surface area contributed by atoms with Gasteiger partial charge in [-0.1, -0.05) is 48.5 Å². The summed E-state index contributed by atoms with van der Waals surface area (Å²) < 4.78 is 69.3. The van der Waals surface area contributed by atoms with Crippen LogP contribution in [-0.4, -0.2) is 5.71 Å². The molecular weight excluding hydrogens is 375 g/mol. The fraction of sp³-hybridized carbons (Fsp3) is 0.0952. The highest BCUT2D eigenvalue weighted by Gasteiger charge is 2.35. The minimum atomic E-state index is -2.18. The van der Waals surface area contributed by atoms with Crippen molar-refractivity contribution >= 4 is 11.4 Å². The van der Waals surface area contributed by atoms with Crippen LogP contribution in [0.2, 0.25) is 0 Å². The summed E-state index contributed by atoms with van der Waals surface area (Å²) in [5, 5.41) is 5.76. The normalized spacial score (nSPS) is 16.4. The molecule has 0 spiro atoms. The SMILES string of the molecule is Fc1c(F)c(F)c(C2=NN(c3ccccc3)C(c3ccccc3)C2)c(F)c1F. The molecule has 0 saturated heterocycles. The topological polar surface area (TPSA) is 15.6 Å². The van der Waals surface area contributed by atoms with Crippen molar-refractivity contribution in [3.63, 3.8) is 0 Å². The van der Waals surface area contributed by atoms with Crippen molar-refractivity contribution < 1.29 is 22.0 Å². The first-order valence-corrected chi connectivity index (χ1v) is 8.47. The van der Waals surface area contributed by atoms with Gasteiger partial charge in [-0.05, 0) is 17.7 Å². The van der Waals surface area contributed by atoms with Crippen LogP contribution in [0.3, 0.4) is 0 Å². The van der Waals surface area contributed by atoms with Crippen molar-refractivity contribution in [2.45, 2.75) is 12.5 Å². The van der Waals surface area contributed by atoms with Crippen LogP contribution in [0.4, 0.5) is 27.6 Å². The zero-order chi connectivity index (χ0) is 19.8. The first-order valence-electron chi connectivity index (χ1n) is 8.47. The Hall–Kier alpha value is -3.22. The third-order valence-corrected chi connectivity index (χ3v) is 4.61. The van der Waals surface area contributed by atoms with Crippen molar-refractivity contribution in [3.05, 3.63) is 101 Å². The molecule has 1 heterocycles. The molecule has 7 heteroatoms. The average molecular weight is 388 g/mol. The molecule has 3 aromatic rings. The van der Waals surface area contributed by atoms with Crippen molar-refractivity contribution in [2.75, 3.05) is 5.01 Å². The van der Waals surface area contributed by atoms with Gasteiger partial charge in [0.25, 0.3) is 0 Å². The molecule has 0 fully saturated rings. The van der Waals surface area contributed by atoms with Crippen LogP contribution < -0.4 is 5.01 Å². The van der Waals surface area contributed by atoms with Gasteiger partial charge < -0.3 is 0 Å². The Morgan fingerprint density at radius 1 is 0.679 bits per heavy atom. The van der Waals surface area contributed by atoms with E-state index in [4.69, 9.17) is 0 Å². The van der Waals surface area contributed by atoms with Gasteiger partial charge in [-0.2, -0.15) is 5.10 Å². The monoisotopic (exact) mass is 388 g/mol. The summed E-state index contributed by atoms with van der Waals surface area (Å²) >= 11 is 0. The predicted octanol–water partition coefficient (Wildman–Crippen LogP) is 5.74. The molecule has 28 heavy (non-hydrogen) atoms. The highest BCUT2D eigenvalue weighted by atomic mass is 19.2. The summed E-state index contributed by atoms with van der Waals surface area (Å²) in [6, 6.07) is 17.4. The van der Waals surface area contributed by atoms with Gasteiger partial charge in [-0.15, -0.1) is 0 Å². The van der Waals surface area contributed by atoms with Crippen LogP contribution in [0, 0.1) is 29.1 Å². The minimum Gasteiger partial charge on any atom is -0.257 e. The highest BCUT2D eigenvalue weighted by Crippen LogP contribution is 2.38. The largest absolute Gasteiger partial charge is 0.257 e. The number of rotatable bonds is 3. The Kier molecular flexibility index (Phi) is 4.58. The molecule has 1 atom stereocenters. The number of hydrogen-bond acceptors (Lipinski definition) is 2. The number of halogens is 5. The summed E-state index contributed by atoms with van der Waals surface area (Å²) in [7, 11) is 0. The molecule has 1 aliphatic rings. The summed E-state index contributed by atoms with van der Waals surface area (Å²) in [6.07, 6.45) is -0.0166. The van der Waals surface area contributed by atoms with Gasteiger partial charge in [-0.25, -0.2) is 22.0 Å². The standard InChI is InChI=1S/C21H13F5N2/c22-17-16(18(23)20(25)21(26)19(17)24)14-11-15(12-7-3-1-4-8-12)28(27-14)13-9-5-2-6-10-13/h1-10,15H,11H2. The molecule has 4 rings (SSSR count). The third-order valence-electron chi connectivity index (χ3n) is 4.61. The molecule has 0 aromatic heterocycles. The quantitative estimate of drug-likeness (QED) is 0.318. The van der Waals surface area contributed by atoms with Crippen LogP contribution >= 0.6 is 0 Å². The van der Waals surface area contributed by atoms with Gasteiger partial charge in [0, 0.05) is 6.42 Å². The van der Waals surface area contributed by atoms with E-state index in [2.05, 4.69) is 5.10 Å². The lowest BCUT2D eigenvalue weighted by Gasteiger charge is -2.23. The first-order chi connectivity index (χ1) is 13.5. The van der Waals surface area contributed by atoms with Gasteiger partial charge >= 0.3 is 0 Å². The highest BCUT2D eigenvalue weighted by molar-refractivity contribution is 6.03. The molecule has 142 valence electrons. The Balaban J connectivity index is 1.86. The summed E-state index contributed by atoms with van der Waals surface area (Å²) in [4.78, 5) is 0. The van der Waals surface area contributed by atoms with E-state index in [1.807, 2.05) is 18.2 Å². The van der Waals surface area contributed by atoms with E-state index < -0.39 is 40.7 Å². The number of hydrazone groups is 1. The van der Waals surface area contributed by atoms with E-state index in [1.54, 1.807) is 42.5 Å². The molecule has 0 aliphatic carbocycles. The van der Waals surface area contributed by atoms with E-state index >= 15 is 0 Å². The van der Waals surface area contributed by atoms with Crippen LogP contribution in [0.5, 0.6) is 0 Å². The Morgan fingerprint density at radius 3 is 1.75 bits per heavy atom. The lowest BCUT2D eigenvalue weighted by Crippen LogP contribution is -2.18. The fourth-order valence-electron chi connectivity index (χ4n) is 3.27. The smallest absolute Gasteiger partial charge is 0.200 e. The molecule has 0 radical (unpaired) electrons. The summed E-state index contributed by atoms with van der Waals surface area (Å²) in [5.74, 6) is -9.90. The molecule has 0 bridgehead atoms. The molecule has 3 aromatic carbocycles. The Morgan fingerprint density at radius 2 is 1.18 bits per heavy atom. The van der Waals surface area contributed by atoms with Crippen molar-refractivity contribution in [1.29, 1.82) is 0 Å². The lowest BCUT2D eigenvalue weighted by atomic mass is 9.97. The molecule has 1 unspecified atom stereocenters. The second-order valence-corrected chi connectivity index (χ2v) is 6.30. The summed E-state index contributed by atoms with van der Waals surface area (Å²) in [5.41, 5.74) is 0.241. The van der Waals surface area contributed by atoms with Crippen LogP contribution in [0.25, 0.3) is 0 Å². The van der Waals surface area contributed by atoms with Gasteiger partial charge in [-0.3, -0.25) is 5.01 Å². The van der Waals surface area contributed by atoms with Crippen molar-refractivity contribution in [2.24, 2.45) is 5.10 Å². The van der Waals surface area contributed by atoms with Gasteiger partial charge in [0.05, 0.1) is 23.0 Å². The molecule has 0 amide bonds. The van der Waals surface area contributed by atoms with E-state index in [-0.39, 0.29) is 12.1 Å². The molecule has 2 nitrogen and oxygen atoms in total. The first kappa shape index (κ1) is 18.2. The molecule has 1 aliphatic heterocycles. The minimum absolute atomic E-state index is 0.0166. The van der Waals surface area contributed by atoms with Crippen LogP contribution in [0.1, 0.15) is 23.6 Å². The zero-order valence-electron chi connectivity index (χ0n) is 14.3. The predicted molar refractivity (Wildman–Crippen MR) is 95.5 cm³/mol. The fourth-order valence-corrected chi connectivity index (χ4v) is 3.27. The van der Waals surface area contributed by atoms with Crippen LogP contribution in [-0.2, 0) is 0 Å². The second-order valence-electron chi connectivity index (χ2n) is 6.30. The third kappa shape index (κ3) is 2.93.